The van der Waals surface area contributed by atoms with Crippen LogP contribution in [0, 0.1) is 0 Å². The number of hydrogen-bond acceptors (Lipinski definition) is 3. The number of halogens is 4. The van der Waals surface area contributed by atoms with Gasteiger partial charge < -0.3 is 20.1 Å². The number of benzene rings is 2. The third-order valence-corrected chi connectivity index (χ3v) is 3.63. The van der Waals surface area contributed by atoms with Crippen LogP contribution in [-0.2, 0) is 13.1 Å². The number of hydrogen-bond donors (Lipinski definition) is 2. The summed E-state index contributed by atoms with van der Waals surface area (Å²) in [5.74, 6) is 1.59. The van der Waals surface area contributed by atoms with E-state index in [0.29, 0.717) is 19.0 Å². The average Bonchev–Trinajstić information content (AvgIpc) is 2.67. The van der Waals surface area contributed by atoms with Gasteiger partial charge in [-0.05, 0) is 35.4 Å². The lowest BCUT2D eigenvalue weighted by molar-refractivity contribution is -0.153. The molecule has 0 atom stereocenters. The molecule has 0 saturated heterocycles. The van der Waals surface area contributed by atoms with Gasteiger partial charge in [0.05, 0.1) is 7.11 Å². The van der Waals surface area contributed by atoms with Crippen molar-refractivity contribution in [3.05, 3.63) is 59.7 Å². The maximum atomic E-state index is 12.1. The molecule has 0 aromatic heterocycles. The van der Waals surface area contributed by atoms with E-state index >= 15 is 0 Å². The maximum Gasteiger partial charge on any atom is 0.422 e. The quantitative estimate of drug-likeness (QED) is 0.335. The van der Waals surface area contributed by atoms with Crippen LogP contribution in [0.1, 0.15) is 11.1 Å². The highest BCUT2D eigenvalue weighted by Gasteiger charge is 2.28. The zero-order chi connectivity index (χ0) is 19.7. The van der Waals surface area contributed by atoms with Gasteiger partial charge >= 0.3 is 6.18 Å². The number of nitrogens with zero attached hydrogens (tertiary/aromatic N) is 1. The molecule has 154 valence electrons. The topological polar surface area (TPSA) is 54.9 Å². The fourth-order valence-corrected chi connectivity index (χ4v) is 2.20. The van der Waals surface area contributed by atoms with Gasteiger partial charge in [-0.15, -0.1) is 24.0 Å². The Morgan fingerprint density at radius 1 is 0.893 bits per heavy atom. The lowest BCUT2D eigenvalue weighted by atomic mass is 10.2. The molecule has 2 aromatic rings. The highest BCUT2D eigenvalue weighted by atomic mass is 127. The van der Waals surface area contributed by atoms with E-state index in [2.05, 4.69) is 20.4 Å². The lowest BCUT2D eigenvalue weighted by Crippen LogP contribution is -2.36. The van der Waals surface area contributed by atoms with Crippen molar-refractivity contribution in [1.82, 2.24) is 10.6 Å². The molecule has 5 nitrogen and oxygen atoms in total. The zero-order valence-electron chi connectivity index (χ0n) is 15.5. The van der Waals surface area contributed by atoms with Crippen molar-refractivity contribution < 1.29 is 22.6 Å². The number of rotatable bonds is 7. The normalized spacial score (nSPS) is 11.4. The molecule has 0 spiro atoms. The van der Waals surface area contributed by atoms with E-state index in [0.717, 1.165) is 16.9 Å². The molecular weight excluding hydrogens is 486 g/mol. The van der Waals surface area contributed by atoms with E-state index in [4.69, 9.17) is 4.74 Å². The first-order chi connectivity index (χ1) is 12.9. The summed E-state index contributed by atoms with van der Waals surface area (Å²) in [5, 5.41) is 6.34. The minimum absolute atomic E-state index is 0. The van der Waals surface area contributed by atoms with Gasteiger partial charge in [0, 0.05) is 20.1 Å². The largest absolute Gasteiger partial charge is 0.497 e. The summed E-state index contributed by atoms with van der Waals surface area (Å²) in [5.41, 5.74) is 1.96. The van der Waals surface area contributed by atoms with Gasteiger partial charge in [-0.1, -0.05) is 24.3 Å². The van der Waals surface area contributed by atoms with Crippen molar-refractivity contribution >= 4 is 29.9 Å². The highest BCUT2D eigenvalue weighted by molar-refractivity contribution is 14.0. The lowest BCUT2D eigenvalue weighted by Gasteiger charge is -2.13. The van der Waals surface area contributed by atoms with Crippen molar-refractivity contribution in [2.75, 3.05) is 20.8 Å². The first kappa shape index (κ1) is 23.9. The Kier molecular flexibility index (Phi) is 9.91. The predicted octanol–water partition coefficient (Wildman–Crippen LogP) is 4.12. The molecule has 2 rings (SSSR count). The Morgan fingerprint density at radius 3 is 1.75 bits per heavy atom. The molecule has 28 heavy (non-hydrogen) atoms. The van der Waals surface area contributed by atoms with Crippen molar-refractivity contribution in [2.24, 2.45) is 4.99 Å². The van der Waals surface area contributed by atoms with E-state index in [1.807, 2.05) is 24.3 Å². The number of ether oxygens (including phenoxy) is 2. The smallest absolute Gasteiger partial charge is 0.422 e. The van der Waals surface area contributed by atoms with Gasteiger partial charge in [-0.25, -0.2) is 0 Å². The predicted molar refractivity (Wildman–Crippen MR) is 113 cm³/mol. The van der Waals surface area contributed by atoms with E-state index in [-0.39, 0.29) is 29.7 Å². The molecule has 0 amide bonds. The minimum atomic E-state index is -4.34. The zero-order valence-corrected chi connectivity index (χ0v) is 17.9. The van der Waals surface area contributed by atoms with Gasteiger partial charge in [-0.3, -0.25) is 4.99 Å². The van der Waals surface area contributed by atoms with Crippen molar-refractivity contribution in [1.29, 1.82) is 0 Å². The molecule has 9 heteroatoms. The average molecular weight is 509 g/mol. The molecule has 0 radical (unpaired) electrons. The summed E-state index contributed by atoms with van der Waals surface area (Å²) in [6.07, 6.45) is -4.34. The standard InChI is InChI=1S/C19H22F3N3O2.HI/c1-23-18(24-11-14-3-7-16(26-2)8-4-14)25-12-15-5-9-17(10-6-15)27-13-19(20,21)22;/h3-10H,11-13H2,1-2H3,(H2,23,24,25);1H. The van der Waals surface area contributed by atoms with Crippen LogP contribution in [0.5, 0.6) is 11.5 Å². The Hall–Kier alpha value is -2.17. The second-order valence-electron chi connectivity index (χ2n) is 5.68. The molecule has 0 aliphatic carbocycles. The van der Waals surface area contributed by atoms with Gasteiger partial charge in [0.15, 0.2) is 12.6 Å². The molecule has 0 saturated carbocycles. The number of guanidine groups is 1. The van der Waals surface area contributed by atoms with Crippen LogP contribution in [0.3, 0.4) is 0 Å². The molecule has 0 bridgehead atoms. The summed E-state index contributed by atoms with van der Waals surface area (Å²) in [4.78, 5) is 4.15. The van der Waals surface area contributed by atoms with Crippen molar-refractivity contribution in [3.63, 3.8) is 0 Å². The molecule has 0 aliphatic heterocycles. The van der Waals surface area contributed by atoms with Gasteiger partial charge in [0.25, 0.3) is 0 Å². The van der Waals surface area contributed by atoms with E-state index in [1.165, 1.54) is 12.1 Å². The summed E-state index contributed by atoms with van der Waals surface area (Å²) < 4.78 is 46.2. The molecule has 2 aromatic carbocycles. The maximum absolute atomic E-state index is 12.1. The van der Waals surface area contributed by atoms with Gasteiger partial charge in [0.2, 0.25) is 0 Å². The van der Waals surface area contributed by atoms with Crippen molar-refractivity contribution in [3.8, 4) is 11.5 Å². The number of aliphatic imine (C=N–C) groups is 1. The highest BCUT2D eigenvalue weighted by Crippen LogP contribution is 2.18. The Morgan fingerprint density at radius 2 is 1.36 bits per heavy atom. The second-order valence-corrected chi connectivity index (χ2v) is 5.68. The first-order valence-electron chi connectivity index (χ1n) is 8.25. The summed E-state index contributed by atoms with van der Waals surface area (Å²) in [6.45, 7) is -0.234. The number of nitrogens with one attached hydrogen (secondary N) is 2. The van der Waals surface area contributed by atoms with Crippen LogP contribution >= 0.6 is 24.0 Å². The molecule has 0 unspecified atom stereocenters. The van der Waals surface area contributed by atoms with E-state index < -0.39 is 12.8 Å². The van der Waals surface area contributed by atoms with Gasteiger partial charge in [0.1, 0.15) is 11.5 Å². The fourth-order valence-electron chi connectivity index (χ4n) is 2.20. The third kappa shape index (κ3) is 8.68. The summed E-state index contributed by atoms with van der Waals surface area (Å²) in [6, 6.07) is 14.1. The van der Waals surface area contributed by atoms with Crippen LogP contribution in [0.2, 0.25) is 0 Å². The summed E-state index contributed by atoms with van der Waals surface area (Å²) in [7, 11) is 3.28. The molecule has 0 fully saturated rings. The molecule has 0 aliphatic rings. The molecule has 0 heterocycles. The van der Waals surface area contributed by atoms with Crippen LogP contribution in [0.4, 0.5) is 13.2 Å². The van der Waals surface area contributed by atoms with Gasteiger partial charge in [-0.2, -0.15) is 13.2 Å². The third-order valence-electron chi connectivity index (χ3n) is 3.63. The van der Waals surface area contributed by atoms with Crippen LogP contribution in [-0.4, -0.2) is 32.9 Å². The minimum Gasteiger partial charge on any atom is -0.497 e. The molecular formula is C19H23F3IN3O2. The molecule has 2 N–H and O–H groups in total. The monoisotopic (exact) mass is 509 g/mol. The Balaban J connectivity index is 0.00000392. The van der Waals surface area contributed by atoms with Crippen LogP contribution in [0.15, 0.2) is 53.5 Å². The first-order valence-corrected chi connectivity index (χ1v) is 8.25. The fraction of sp³-hybridized carbons (Fsp3) is 0.316. The van der Waals surface area contributed by atoms with E-state index in [9.17, 15) is 13.2 Å². The Bertz CT molecular complexity index is 736. The van der Waals surface area contributed by atoms with Crippen LogP contribution < -0.4 is 20.1 Å². The SMILES string of the molecule is CN=C(NCc1ccc(OC)cc1)NCc1ccc(OCC(F)(F)F)cc1.I. The van der Waals surface area contributed by atoms with E-state index in [1.54, 1.807) is 26.3 Å². The van der Waals surface area contributed by atoms with Crippen molar-refractivity contribution in [2.45, 2.75) is 19.3 Å². The summed E-state index contributed by atoms with van der Waals surface area (Å²) >= 11 is 0. The number of alkyl halides is 3. The van der Waals surface area contributed by atoms with Crippen LogP contribution in [0.25, 0.3) is 0 Å². The number of methoxy groups -OCH3 is 1. The second kappa shape index (κ2) is 11.6. The Labute approximate surface area is 179 Å².